The van der Waals surface area contributed by atoms with E-state index in [2.05, 4.69) is 5.10 Å². The number of aliphatic hydroxyl groups excluding tert-OH is 2. The lowest BCUT2D eigenvalue weighted by molar-refractivity contribution is -0.385. The molecule has 28 heavy (non-hydrogen) atoms. The van der Waals surface area contributed by atoms with Crippen LogP contribution in [0.1, 0.15) is 23.6 Å². The molecular formula is C17H19F3N4O4. The summed E-state index contributed by atoms with van der Waals surface area (Å²) in [5.41, 5.74) is -0.320. The number of hydrogen-bond donors (Lipinski definition) is 2. The lowest BCUT2D eigenvalue weighted by Crippen LogP contribution is -2.35. The molecule has 152 valence electrons. The van der Waals surface area contributed by atoms with E-state index in [1.54, 1.807) is 4.90 Å². The second-order valence-electron chi connectivity index (χ2n) is 6.81. The Morgan fingerprint density at radius 3 is 2.54 bits per heavy atom. The molecule has 3 atom stereocenters. The van der Waals surface area contributed by atoms with Crippen molar-refractivity contribution in [2.45, 2.75) is 37.4 Å². The number of nitrogens with zero attached hydrogens (tertiary/aromatic N) is 4. The van der Waals surface area contributed by atoms with Gasteiger partial charge in [-0.25, -0.2) is 0 Å². The smallest absolute Gasteiger partial charge is 0.392 e. The highest BCUT2D eigenvalue weighted by molar-refractivity contribution is 5.27. The summed E-state index contributed by atoms with van der Waals surface area (Å²) >= 11 is 0. The third-order valence-corrected chi connectivity index (χ3v) is 4.68. The second kappa shape index (κ2) is 7.86. The van der Waals surface area contributed by atoms with Gasteiger partial charge in [0, 0.05) is 19.1 Å². The number of aromatic nitrogens is 2. The van der Waals surface area contributed by atoms with E-state index in [1.165, 1.54) is 23.0 Å². The number of nitro groups is 1. The Balaban J connectivity index is 1.66. The van der Waals surface area contributed by atoms with Crippen molar-refractivity contribution in [3.8, 4) is 0 Å². The lowest BCUT2D eigenvalue weighted by atomic mass is 10.0. The van der Waals surface area contributed by atoms with Crippen LogP contribution in [0.15, 0.2) is 36.7 Å². The first kappa shape index (κ1) is 20.2. The molecule has 0 spiro atoms. The van der Waals surface area contributed by atoms with E-state index in [4.69, 9.17) is 0 Å². The van der Waals surface area contributed by atoms with Gasteiger partial charge in [-0.05, 0) is 24.1 Å². The summed E-state index contributed by atoms with van der Waals surface area (Å²) in [6, 6.07) is 4.41. The minimum atomic E-state index is -4.42. The molecule has 3 unspecified atom stereocenters. The summed E-state index contributed by atoms with van der Waals surface area (Å²) in [7, 11) is 0. The van der Waals surface area contributed by atoms with Crippen molar-refractivity contribution in [2.75, 3.05) is 13.1 Å². The average molecular weight is 400 g/mol. The predicted octanol–water partition coefficient (Wildman–Crippen LogP) is 1.98. The van der Waals surface area contributed by atoms with Gasteiger partial charge < -0.3 is 10.2 Å². The molecule has 1 fully saturated rings. The molecule has 1 aliphatic heterocycles. The Hall–Kier alpha value is -2.50. The van der Waals surface area contributed by atoms with E-state index in [0.717, 1.165) is 18.3 Å². The van der Waals surface area contributed by atoms with Gasteiger partial charge in [0.25, 0.3) is 0 Å². The summed E-state index contributed by atoms with van der Waals surface area (Å²) in [5, 5.41) is 34.8. The summed E-state index contributed by atoms with van der Waals surface area (Å²) in [4.78, 5) is 11.9. The maximum atomic E-state index is 12.7. The molecule has 2 heterocycles. The van der Waals surface area contributed by atoms with Gasteiger partial charge in [0.05, 0.1) is 29.2 Å². The van der Waals surface area contributed by atoms with Gasteiger partial charge in [-0.15, -0.1) is 0 Å². The van der Waals surface area contributed by atoms with Gasteiger partial charge in [-0.1, -0.05) is 12.1 Å². The van der Waals surface area contributed by atoms with Crippen molar-refractivity contribution in [3.63, 3.8) is 0 Å². The van der Waals surface area contributed by atoms with Crippen LogP contribution in [0, 0.1) is 10.1 Å². The molecule has 2 aromatic rings. The topological polar surface area (TPSA) is 105 Å². The molecule has 0 amide bonds. The number of alkyl halides is 3. The summed E-state index contributed by atoms with van der Waals surface area (Å²) < 4.78 is 39.4. The standard InChI is InChI=1S/C17H19F3N4O4/c18-17(19,20)12-3-1-11(2-4-12)16-5-14(25)8-22(16)9-15(26)10-23-7-13(6-21-23)24(27)28/h1-4,6-7,14-16,25-26H,5,8-10H2. The molecule has 0 aliphatic carbocycles. The van der Waals surface area contributed by atoms with Gasteiger partial charge in [0.2, 0.25) is 0 Å². The van der Waals surface area contributed by atoms with Crippen molar-refractivity contribution in [1.29, 1.82) is 0 Å². The first-order chi connectivity index (χ1) is 13.1. The summed E-state index contributed by atoms with van der Waals surface area (Å²) in [6.07, 6.45) is -3.39. The molecule has 0 saturated carbocycles. The molecule has 1 aromatic heterocycles. The van der Waals surface area contributed by atoms with Crippen LogP contribution < -0.4 is 0 Å². The van der Waals surface area contributed by atoms with Gasteiger partial charge in [0.1, 0.15) is 12.4 Å². The minimum absolute atomic E-state index is 0.0141. The fourth-order valence-corrected chi connectivity index (χ4v) is 3.41. The average Bonchev–Trinajstić information content (AvgIpc) is 3.21. The number of aliphatic hydroxyl groups is 2. The predicted molar refractivity (Wildman–Crippen MR) is 91.3 cm³/mol. The maximum absolute atomic E-state index is 12.7. The van der Waals surface area contributed by atoms with E-state index in [-0.39, 0.29) is 31.4 Å². The molecule has 1 saturated heterocycles. The Kier molecular flexibility index (Phi) is 5.68. The van der Waals surface area contributed by atoms with Crippen molar-refractivity contribution in [2.24, 2.45) is 0 Å². The fourth-order valence-electron chi connectivity index (χ4n) is 3.41. The third-order valence-electron chi connectivity index (χ3n) is 4.68. The number of likely N-dealkylation sites (tertiary alicyclic amines) is 1. The van der Waals surface area contributed by atoms with Gasteiger partial charge in [-0.2, -0.15) is 18.3 Å². The van der Waals surface area contributed by atoms with Gasteiger partial charge >= 0.3 is 11.9 Å². The zero-order chi connectivity index (χ0) is 20.5. The largest absolute Gasteiger partial charge is 0.416 e. The normalized spacial score (nSPS) is 21.8. The molecule has 0 radical (unpaired) electrons. The number of β-amino-alcohol motifs (C(OH)–C–C–N with tert-alkyl or cyclic N) is 2. The van der Waals surface area contributed by atoms with Crippen LogP contribution >= 0.6 is 0 Å². The zero-order valence-corrected chi connectivity index (χ0v) is 14.7. The highest BCUT2D eigenvalue weighted by Gasteiger charge is 2.34. The number of halogens is 3. The minimum Gasteiger partial charge on any atom is -0.392 e. The van der Waals surface area contributed by atoms with Crippen LogP contribution in [-0.2, 0) is 12.7 Å². The molecule has 3 rings (SSSR count). The van der Waals surface area contributed by atoms with E-state index in [9.17, 15) is 33.5 Å². The zero-order valence-electron chi connectivity index (χ0n) is 14.7. The number of hydrogen-bond acceptors (Lipinski definition) is 6. The van der Waals surface area contributed by atoms with E-state index < -0.39 is 28.9 Å². The first-order valence-corrected chi connectivity index (χ1v) is 8.57. The number of benzene rings is 1. The van der Waals surface area contributed by atoms with Crippen LogP contribution in [0.3, 0.4) is 0 Å². The van der Waals surface area contributed by atoms with E-state index >= 15 is 0 Å². The monoisotopic (exact) mass is 400 g/mol. The Morgan fingerprint density at radius 1 is 1.29 bits per heavy atom. The van der Waals surface area contributed by atoms with Gasteiger partial charge in [-0.3, -0.25) is 19.7 Å². The van der Waals surface area contributed by atoms with Crippen molar-refractivity contribution in [1.82, 2.24) is 14.7 Å². The highest BCUT2D eigenvalue weighted by Crippen LogP contribution is 2.35. The van der Waals surface area contributed by atoms with Crippen molar-refractivity contribution >= 4 is 5.69 Å². The molecule has 11 heteroatoms. The van der Waals surface area contributed by atoms with E-state index in [1.807, 2.05) is 0 Å². The molecule has 8 nitrogen and oxygen atoms in total. The fraction of sp³-hybridized carbons (Fsp3) is 0.471. The van der Waals surface area contributed by atoms with Crippen LogP contribution in [0.4, 0.5) is 18.9 Å². The van der Waals surface area contributed by atoms with E-state index in [0.29, 0.717) is 12.0 Å². The van der Waals surface area contributed by atoms with Crippen LogP contribution in [-0.4, -0.2) is 55.1 Å². The Morgan fingerprint density at radius 2 is 1.96 bits per heavy atom. The quantitative estimate of drug-likeness (QED) is 0.568. The number of rotatable bonds is 6. The van der Waals surface area contributed by atoms with Crippen molar-refractivity contribution < 1.29 is 28.3 Å². The lowest BCUT2D eigenvalue weighted by Gasteiger charge is -2.27. The van der Waals surface area contributed by atoms with Gasteiger partial charge in [0.15, 0.2) is 0 Å². The van der Waals surface area contributed by atoms with Crippen LogP contribution in [0.5, 0.6) is 0 Å². The third kappa shape index (κ3) is 4.66. The molecule has 1 aromatic carbocycles. The molecular weight excluding hydrogens is 381 g/mol. The van der Waals surface area contributed by atoms with Crippen LogP contribution in [0.2, 0.25) is 0 Å². The Bertz CT molecular complexity index is 825. The summed E-state index contributed by atoms with van der Waals surface area (Å²) in [5.74, 6) is 0. The van der Waals surface area contributed by atoms with Crippen molar-refractivity contribution in [3.05, 3.63) is 57.9 Å². The SMILES string of the molecule is O=[N+]([O-])c1cnn(CC(O)CN2CC(O)CC2c2ccc(C(F)(F)F)cc2)c1. The molecule has 2 N–H and O–H groups in total. The maximum Gasteiger partial charge on any atom is 0.416 e. The Labute approximate surface area is 158 Å². The second-order valence-corrected chi connectivity index (χ2v) is 6.81. The first-order valence-electron chi connectivity index (χ1n) is 8.57. The highest BCUT2D eigenvalue weighted by atomic mass is 19.4. The van der Waals surface area contributed by atoms with Crippen LogP contribution in [0.25, 0.3) is 0 Å². The molecule has 1 aliphatic rings. The summed E-state index contributed by atoms with van der Waals surface area (Å²) in [6.45, 7) is 0.415. The molecule has 0 bridgehead atoms.